The van der Waals surface area contributed by atoms with Gasteiger partial charge in [-0.15, -0.1) is 11.3 Å². The minimum Gasteiger partial charge on any atom is -0.326 e. The number of benzene rings is 1. The Morgan fingerprint density at radius 3 is 2.48 bits per heavy atom. The van der Waals surface area contributed by atoms with Gasteiger partial charge in [-0.2, -0.15) is 0 Å². The van der Waals surface area contributed by atoms with E-state index in [1.54, 1.807) is 24.3 Å². The van der Waals surface area contributed by atoms with Crippen LogP contribution in [0.4, 0.5) is 5.69 Å². The van der Waals surface area contributed by atoms with E-state index in [2.05, 4.69) is 16.2 Å². The maximum atomic E-state index is 12.3. The number of anilines is 1. The smallest absolute Gasteiger partial charge is 0.279 e. The van der Waals surface area contributed by atoms with Crippen LogP contribution in [0.3, 0.4) is 0 Å². The molecule has 3 rings (SSSR count). The van der Waals surface area contributed by atoms with E-state index < -0.39 is 0 Å². The van der Waals surface area contributed by atoms with E-state index in [4.69, 9.17) is 0 Å². The molecular weight excluding hydrogens is 362 g/mol. The summed E-state index contributed by atoms with van der Waals surface area (Å²) in [7, 11) is 0. The molecule has 1 aliphatic carbocycles. The van der Waals surface area contributed by atoms with Gasteiger partial charge < -0.3 is 5.32 Å². The molecule has 142 valence electrons. The van der Waals surface area contributed by atoms with E-state index >= 15 is 0 Å². The van der Waals surface area contributed by atoms with Crippen molar-refractivity contribution in [2.75, 3.05) is 5.32 Å². The number of carbonyl (C=O) groups is 3. The predicted octanol–water partition coefficient (Wildman–Crippen LogP) is 2.98. The quantitative estimate of drug-likeness (QED) is 0.558. The molecule has 1 aromatic heterocycles. The highest BCUT2D eigenvalue weighted by Gasteiger charge is 2.16. The Morgan fingerprint density at radius 1 is 1.00 bits per heavy atom. The molecule has 0 fully saturated rings. The molecule has 0 saturated heterocycles. The Bertz CT molecular complexity index is 819. The van der Waals surface area contributed by atoms with Crippen molar-refractivity contribution >= 4 is 34.7 Å². The standard InChI is InChI=1S/C20H23N3O3S/c1-13(24)21-16-9-7-14(8-10-16)11-19(25)22-23-20(26)18-12-15-5-3-2-4-6-17(15)27-18/h7-10,12H,2-6,11H2,1H3,(H,21,24)(H,22,25)(H,23,26). The maximum Gasteiger partial charge on any atom is 0.279 e. The third kappa shape index (κ3) is 5.40. The fourth-order valence-electron chi connectivity index (χ4n) is 3.11. The Kier molecular flexibility index (Phi) is 6.24. The van der Waals surface area contributed by atoms with E-state index in [0.29, 0.717) is 10.6 Å². The first-order chi connectivity index (χ1) is 13.0. The highest BCUT2D eigenvalue weighted by atomic mass is 32.1. The number of nitrogens with one attached hydrogen (secondary N) is 3. The maximum absolute atomic E-state index is 12.3. The van der Waals surface area contributed by atoms with Crippen molar-refractivity contribution in [3.05, 3.63) is 51.2 Å². The second-order valence-electron chi connectivity index (χ2n) is 6.68. The molecule has 6 nitrogen and oxygen atoms in total. The lowest BCUT2D eigenvalue weighted by Crippen LogP contribution is -2.42. The van der Waals surface area contributed by atoms with Gasteiger partial charge in [0.1, 0.15) is 0 Å². The molecule has 3 amide bonds. The fraction of sp³-hybridized carbons (Fsp3) is 0.350. The van der Waals surface area contributed by atoms with Crippen molar-refractivity contribution in [3.8, 4) is 0 Å². The lowest BCUT2D eigenvalue weighted by molar-refractivity contribution is -0.121. The lowest BCUT2D eigenvalue weighted by Gasteiger charge is -2.07. The first kappa shape index (κ1) is 19.1. The van der Waals surface area contributed by atoms with Crippen molar-refractivity contribution in [1.82, 2.24) is 10.9 Å². The van der Waals surface area contributed by atoms with Gasteiger partial charge in [0.05, 0.1) is 11.3 Å². The summed E-state index contributed by atoms with van der Waals surface area (Å²) in [6.45, 7) is 1.44. The normalized spacial score (nSPS) is 13.2. The summed E-state index contributed by atoms with van der Waals surface area (Å²) in [6, 6.07) is 8.96. The summed E-state index contributed by atoms with van der Waals surface area (Å²) >= 11 is 1.52. The van der Waals surface area contributed by atoms with Gasteiger partial charge >= 0.3 is 0 Å². The molecule has 0 atom stereocenters. The van der Waals surface area contributed by atoms with E-state index in [9.17, 15) is 14.4 Å². The number of carbonyl (C=O) groups excluding carboxylic acids is 3. The Hall–Kier alpha value is -2.67. The first-order valence-corrected chi connectivity index (χ1v) is 9.90. The zero-order chi connectivity index (χ0) is 19.2. The van der Waals surface area contributed by atoms with E-state index in [1.807, 2.05) is 6.07 Å². The van der Waals surface area contributed by atoms with Crippen LogP contribution in [0.5, 0.6) is 0 Å². The second kappa shape index (κ2) is 8.81. The SMILES string of the molecule is CC(=O)Nc1ccc(CC(=O)NNC(=O)c2cc3c(s2)CCCCC3)cc1. The van der Waals surface area contributed by atoms with Crippen LogP contribution in [0.2, 0.25) is 0 Å². The third-order valence-electron chi connectivity index (χ3n) is 4.42. The van der Waals surface area contributed by atoms with Crippen LogP contribution in [0.15, 0.2) is 30.3 Å². The zero-order valence-corrected chi connectivity index (χ0v) is 16.1. The van der Waals surface area contributed by atoms with Crippen LogP contribution in [-0.2, 0) is 28.9 Å². The van der Waals surface area contributed by atoms with Crippen LogP contribution in [0, 0.1) is 0 Å². The molecule has 1 aromatic carbocycles. The van der Waals surface area contributed by atoms with Gasteiger partial charge in [0.15, 0.2) is 0 Å². The van der Waals surface area contributed by atoms with E-state index in [0.717, 1.165) is 18.4 Å². The number of hydrazine groups is 1. The van der Waals surface area contributed by atoms with Crippen LogP contribution in [-0.4, -0.2) is 17.7 Å². The van der Waals surface area contributed by atoms with Gasteiger partial charge in [-0.1, -0.05) is 18.6 Å². The molecule has 0 unspecified atom stereocenters. The van der Waals surface area contributed by atoms with Crippen molar-refractivity contribution < 1.29 is 14.4 Å². The predicted molar refractivity (Wildman–Crippen MR) is 106 cm³/mol. The van der Waals surface area contributed by atoms with E-state index in [-0.39, 0.29) is 24.1 Å². The summed E-state index contributed by atoms with van der Waals surface area (Å²) in [6.07, 6.45) is 5.79. The number of hydrogen-bond acceptors (Lipinski definition) is 4. The van der Waals surface area contributed by atoms with Crippen molar-refractivity contribution in [1.29, 1.82) is 0 Å². The van der Waals surface area contributed by atoms with Crippen LogP contribution in [0.25, 0.3) is 0 Å². The largest absolute Gasteiger partial charge is 0.326 e. The molecule has 0 spiro atoms. The van der Waals surface area contributed by atoms with Gasteiger partial charge in [0, 0.05) is 17.5 Å². The number of aryl methyl sites for hydroxylation is 2. The van der Waals surface area contributed by atoms with E-state index in [1.165, 1.54) is 48.0 Å². The Morgan fingerprint density at radius 2 is 1.74 bits per heavy atom. The second-order valence-corrected chi connectivity index (χ2v) is 7.81. The third-order valence-corrected chi connectivity index (χ3v) is 5.66. The first-order valence-electron chi connectivity index (χ1n) is 9.08. The summed E-state index contributed by atoms with van der Waals surface area (Å²) in [5.74, 6) is -0.717. The van der Waals surface area contributed by atoms with Crippen LogP contribution in [0.1, 0.15) is 51.9 Å². The van der Waals surface area contributed by atoms with Crippen LogP contribution >= 0.6 is 11.3 Å². The van der Waals surface area contributed by atoms with Gasteiger partial charge in [0.25, 0.3) is 5.91 Å². The topological polar surface area (TPSA) is 87.3 Å². The van der Waals surface area contributed by atoms with Gasteiger partial charge in [0.2, 0.25) is 11.8 Å². The molecule has 0 aliphatic heterocycles. The summed E-state index contributed by atoms with van der Waals surface area (Å²) in [4.78, 5) is 37.3. The molecule has 2 aromatic rings. The molecule has 1 aliphatic rings. The Balaban J connectivity index is 1.50. The molecule has 0 saturated carbocycles. The lowest BCUT2D eigenvalue weighted by atomic mass is 10.1. The minimum atomic E-state index is -0.297. The average Bonchev–Trinajstić information content (AvgIpc) is 2.92. The molecule has 0 radical (unpaired) electrons. The number of thiophene rings is 1. The molecule has 27 heavy (non-hydrogen) atoms. The molecule has 3 N–H and O–H groups in total. The number of rotatable bonds is 4. The van der Waals surface area contributed by atoms with Crippen molar-refractivity contribution in [2.45, 2.75) is 45.4 Å². The molecule has 1 heterocycles. The fourth-order valence-corrected chi connectivity index (χ4v) is 4.26. The number of amides is 3. The zero-order valence-electron chi connectivity index (χ0n) is 15.3. The number of fused-ring (bicyclic) bond motifs is 1. The summed E-state index contributed by atoms with van der Waals surface area (Å²) < 4.78 is 0. The van der Waals surface area contributed by atoms with Crippen LogP contribution < -0.4 is 16.2 Å². The summed E-state index contributed by atoms with van der Waals surface area (Å²) in [5.41, 5.74) is 7.70. The Labute approximate surface area is 162 Å². The molecule has 7 heteroatoms. The average molecular weight is 385 g/mol. The number of hydrogen-bond donors (Lipinski definition) is 3. The highest BCUT2D eigenvalue weighted by molar-refractivity contribution is 7.14. The molecular formula is C20H23N3O3S. The summed E-state index contributed by atoms with van der Waals surface area (Å²) in [5, 5.41) is 2.67. The minimum absolute atomic E-state index is 0.140. The van der Waals surface area contributed by atoms with Gasteiger partial charge in [-0.25, -0.2) is 0 Å². The van der Waals surface area contributed by atoms with Gasteiger partial charge in [-0.05, 0) is 55.0 Å². The van der Waals surface area contributed by atoms with Gasteiger partial charge in [-0.3, -0.25) is 25.2 Å². The van der Waals surface area contributed by atoms with Crippen molar-refractivity contribution in [2.24, 2.45) is 0 Å². The monoisotopic (exact) mass is 385 g/mol. The highest BCUT2D eigenvalue weighted by Crippen LogP contribution is 2.28. The molecule has 0 bridgehead atoms. The van der Waals surface area contributed by atoms with Crippen molar-refractivity contribution in [3.63, 3.8) is 0 Å².